The molecule has 0 aromatic heterocycles. The Labute approximate surface area is 125 Å². The van der Waals surface area contributed by atoms with E-state index in [2.05, 4.69) is 54.0 Å². The summed E-state index contributed by atoms with van der Waals surface area (Å²) in [7, 11) is 1.95. The van der Waals surface area contributed by atoms with E-state index in [0.29, 0.717) is 0 Å². The van der Waals surface area contributed by atoms with Gasteiger partial charge in [0.25, 0.3) is 5.91 Å². The fraction of sp³-hybridized carbons (Fsp3) is 0.278. The standard InChI is InChI=1S/C18H20N2O/c1-12-3-5-14(6-4-12)17(19-2)15-8-7-13-9-10-20-18(21)16(13)11-15/h3-8,11,17,19H,9-10H2,1-2H3,(H,20,21). The van der Waals surface area contributed by atoms with Crippen molar-refractivity contribution in [3.8, 4) is 0 Å². The predicted molar refractivity (Wildman–Crippen MR) is 84.6 cm³/mol. The van der Waals surface area contributed by atoms with Gasteiger partial charge in [-0.05, 0) is 43.1 Å². The highest BCUT2D eigenvalue weighted by atomic mass is 16.1. The number of carbonyl (C=O) groups is 1. The average Bonchev–Trinajstić information content (AvgIpc) is 2.51. The molecule has 2 aromatic rings. The lowest BCUT2D eigenvalue weighted by molar-refractivity contribution is 0.0946. The topological polar surface area (TPSA) is 41.1 Å². The van der Waals surface area contributed by atoms with Gasteiger partial charge in [-0.1, -0.05) is 42.0 Å². The lowest BCUT2D eigenvalue weighted by atomic mass is 9.92. The van der Waals surface area contributed by atoms with Gasteiger partial charge in [0.1, 0.15) is 0 Å². The lowest BCUT2D eigenvalue weighted by Gasteiger charge is -2.21. The van der Waals surface area contributed by atoms with Crippen molar-refractivity contribution in [1.29, 1.82) is 0 Å². The van der Waals surface area contributed by atoms with Gasteiger partial charge in [-0.25, -0.2) is 0 Å². The molecule has 1 aliphatic heterocycles. The number of nitrogens with one attached hydrogen (secondary N) is 2. The van der Waals surface area contributed by atoms with Crippen LogP contribution < -0.4 is 10.6 Å². The second kappa shape index (κ2) is 5.70. The summed E-state index contributed by atoms with van der Waals surface area (Å²) < 4.78 is 0. The maximum Gasteiger partial charge on any atom is 0.251 e. The molecule has 0 bridgehead atoms. The molecule has 2 N–H and O–H groups in total. The number of aryl methyl sites for hydroxylation is 1. The molecule has 3 rings (SSSR count). The molecule has 3 nitrogen and oxygen atoms in total. The minimum atomic E-state index is 0.0388. The first-order valence-corrected chi connectivity index (χ1v) is 7.34. The van der Waals surface area contributed by atoms with Crippen LogP contribution in [0.15, 0.2) is 42.5 Å². The van der Waals surface area contributed by atoms with Gasteiger partial charge in [-0.15, -0.1) is 0 Å². The smallest absolute Gasteiger partial charge is 0.251 e. The summed E-state index contributed by atoms with van der Waals surface area (Å²) in [4.78, 5) is 12.0. The van der Waals surface area contributed by atoms with E-state index < -0.39 is 0 Å². The molecule has 2 aromatic carbocycles. The Morgan fingerprint density at radius 3 is 2.52 bits per heavy atom. The Balaban J connectivity index is 1.99. The van der Waals surface area contributed by atoms with Gasteiger partial charge >= 0.3 is 0 Å². The van der Waals surface area contributed by atoms with E-state index in [0.717, 1.165) is 29.7 Å². The minimum absolute atomic E-state index is 0.0388. The summed E-state index contributed by atoms with van der Waals surface area (Å²) in [6.07, 6.45) is 0.913. The summed E-state index contributed by atoms with van der Waals surface area (Å²) in [5, 5.41) is 6.25. The van der Waals surface area contributed by atoms with Crippen molar-refractivity contribution < 1.29 is 4.79 Å². The molecule has 1 aliphatic rings. The molecule has 0 spiro atoms. The number of hydrogen-bond donors (Lipinski definition) is 2. The zero-order valence-corrected chi connectivity index (χ0v) is 12.4. The molecule has 108 valence electrons. The average molecular weight is 280 g/mol. The Bertz CT molecular complexity index is 661. The number of fused-ring (bicyclic) bond motifs is 1. The van der Waals surface area contributed by atoms with Crippen LogP contribution in [-0.2, 0) is 6.42 Å². The molecular formula is C18H20N2O. The van der Waals surface area contributed by atoms with E-state index >= 15 is 0 Å². The van der Waals surface area contributed by atoms with Gasteiger partial charge < -0.3 is 10.6 Å². The van der Waals surface area contributed by atoms with Crippen LogP contribution in [-0.4, -0.2) is 19.5 Å². The molecule has 1 unspecified atom stereocenters. The number of rotatable bonds is 3. The first-order chi connectivity index (χ1) is 10.2. The molecule has 1 amide bonds. The second-order valence-electron chi connectivity index (χ2n) is 5.55. The van der Waals surface area contributed by atoms with Gasteiger partial charge in [-0.3, -0.25) is 4.79 Å². The normalized spacial score (nSPS) is 15.2. The maximum atomic E-state index is 12.0. The first kappa shape index (κ1) is 13.8. The van der Waals surface area contributed by atoms with Gasteiger partial charge in [-0.2, -0.15) is 0 Å². The van der Waals surface area contributed by atoms with Crippen LogP contribution in [0, 0.1) is 6.92 Å². The van der Waals surface area contributed by atoms with E-state index in [1.807, 2.05) is 13.1 Å². The largest absolute Gasteiger partial charge is 0.352 e. The van der Waals surface area contributed by atoms with Gasteiger partial charge in [0.15, 0.2) is 0 Å². The van der Waals surface area contributed by atoms with Crippen molar-refractivity contribution in [2.75, 3.05) is 13.6 Å². The molecule has 0 radical (unpaired) electrons. The number of benzene rings is 2. The van der Waals surface area contributed by atoms with Crippen molar-refractivity contribution in [3.05, 3.63) is 70.3 Å². The van der Waals surface area contributed by atoms with Crippen LogP contribution in [0.4, 0.5) is 0 Å². The Morgan fingerprint density at radius 2 is 1.81 bits per heavy atom. The van der Waals surface area contributed by atoms with Crippen LogP contribution in [0.1, 0.15) is 38.7 Å². The van der Waals surface area contributed by atoms with Gasteiger partial charge in [0, 0.05) is 12.1 Å². The van der Waals surface area contributed by atoms with Crippen molar-refractivity contribution in [1.82, 2.24) is 10.6 Å². The van der Waals surface area contributed by atoms with Crippen LogP contribution in [0.25, 0.3) is 0 Å². The first-order valence-electron chi connectivity index (χ1n) is 7.34. The van der Waals surface area contributed by atoms with Crippen molar-refractivity contribution in [2.45, 2.75) is 19.4 Å². The zero-order chi connectivity index (χ0) is 14.8. The SMILES string of the molecule is CNC(c1ccc(C)cc1)c1ccc2c(c1)C(=O)NCC2. The van der Waals surface area contributed by atoms with E-state index in [4.69, 9.17) is 0 Å². The van der Waals surface area contributed by atoms with Crippen molar-refractivity contribution in [3.63, 3.8) is 0 Å². The van der Waals surface area contributed by atoms with Crippen LogP contribution in [0.5, 0.6) is 0 Å². The predicted octanol–water partition coefficient (Wildman–Crippen LogP) is 2.59. The summed E-state index contributed by atoms with van der Waals surface area (Å²) in [5.74, 6) is 0.0388. The van der Waals surface area contributed by atoms with E-state index in [1.54, 1.807) is 0 Å². The molecule has 3 heteroatoms. The number of carbonyl (C=O) groups excluding carboxylic acids is 1. The quantitative estimate of drug-likeness (QED) is 0.907. The van der Waals surface area contributed by atoms with Crippen LogP contribution in [0.2, 0.25) is 0 Å². The van der Waals surface area contributed by atoms with Crippen molar-refractivity contribution >= 4 is 5.91 Å². The molecule has 1 atom stereocenters. The third kappa shape index (κ3) is 2.69. The molecule has 1 heterocycles. The van der Waals surface area contributed by atoms with E-state index in [9.17, 15) is 4.79 Å². The molecule has 0 aliphatic carbocycles. The zero-order valence-electron chi connectivity index (χ0n) is 12.4. The molecular weight excluding hydrogens is 260 g/mol. The van der Waals surface area contributed by atoms with Crippen LogP contribution >= 0.6 is 0 Å². The Morgan fingerprint density at radius 1 is 1.10 bits per heavy atom. The molecule has 0 saturated carbocycles. The summed E-state index contributed by atoms with van der Waals surface area (Å²) in [6, 6.07) is 14.8. The summed E-state index contributed by atoms with van der Waals surface area (Å²) in [6.45, 7) is 2.82. The Hall–Kier alpha value is -2.13. The second-order valence-corrected chi connectivity index (χ2v) is 5.55. The molecule has 0 fully saturated rings. The Kier molecular flexibility index (Phi) is 3.76. The summed E-state index contributed by atoms with van der Waals surface area (Å²) >= 11 is 0. The number of amides is 1. The monoisotopic (exact) mass is 280 g/mol. The number of hydrogen-bond acceptors (Lipinski definition) is 2. The summed E-state index contributed by atoms with van der Waals surface area (Å²) in [5.41, 5.74) is 5.53. The fourth-order valence-corrected chi connectivity index (χ4v) is 2.89. The van der Waals surface area contributed by atoms with E-state index in [1.165, 1.54) is 11.1 Å². The molecule has 0 saturated heterocycles. The third-order valence-corrected chi connectivity index (χ3v) is 4.09. The van der Waals surface area contributed by atoms with Crippen LogP contribution in [0.3, 0.4) is 0 Å². The van der Waals surface area contributed by atoms with E-state index in [-0.39, 0.29) is 11.9 Å². The maximum absolute atomic E-state index is 12.0. The minimum Gasteiger partial charge on any atom is -0.352 e. The lowest BCUT2D eigenvalue weighted by Crippen LogP contribution is -2.32. The third-order valence-electron chi connectivity index (χ3n) is 4.09. The highest BCUT2D eigenvalue weighted by Crippen LogP contribution is 2.25. The van der Waals surface area contributed by atoms with Gasteiger partial charge in [0.2, 0.25) is 0 Å². The van der Waals surface area contributed by atoms with Crippen molar-refractivity contribution in [2.24, 2.45) is 0 Å². The highest BCUT2D eigenvalue weighted by Gasteiger charge is 2.19. The van der Waals surface area contributed by atoms with Gasteiger partial charge in [0.05, 0.1) is 6.04 Å². The molecule has 21 heavy (non-hydrogen) atoms. The fourth-order valence-electron chi connectivity index (χ4n) is 2.89. The highest BCUT2D eigenvalue weighted by molar-refractivity contribution is 5.96.